The fraction of sp³-hybridized carbons (Fsp3) is 1.00. The van der Waals surface area contributed by atoms with Gasteiger partial charge in [0, 0.05) is 6.61 Å². The van der Waals surface area contributed by atoms with Gasteiger partial charge in [0.05, 0.1) is 0 Å². The van der Waals surface area contributed by atoms with E-state index in [0.717, 1.165) is 19.3 Å². The Morgan fingerprint density at radius 2 is 1.55 bits per heavy atom. The molecule has 0 aromatic carbocycles. The molecule has 0 saturated carbocycles. The minimum atomic E-state index is -1.10. The van der Waals surface area contributed by atoms with E-state index in [2.05, 4.69) is 6.92 Å². The van der Waals surface area contributed by atoms with Crippen molar-refractivity contribution in [1.29, 1.82) is 0 Å². The van der Waals surface area contributed by atoms with Gasteiger partial charge in [0.25, 0.3) is 0 Å². The Labute approximate surface area is 68.7 Å². The van der Waals surface area contributed by atoms with Crippen molar-refractivity contribution in [3.63, 3.8) is 0 Å². The van der Waals surface area contributed by atoms with Crippen molar-refractivity contribution in [2.75, 3.05) is 6.61 Å². The van der Waals surface area contributed by atoms with Gasteiger partial charge in [-0.1, -0.05) is 19.8 Å². The standard InChI is InChI=1S/C6H14O2.C2H6O/c1-2-3-4-5-6(7)8;1-2-3/h6-8H,2-5H2,1H3;3H,2H2,1H3. The highest BCUT2D eigenvalue weighted by Crippen LogP contribution is 1.99. The molecular weight excluding hydrogens is 144 g/mol. The fourth-order valence-corrected chi connectivity index (χ4v) is 0.577. The van der Waals surface area contributed by atoms with Gasteiger partial charge < -0.3 is 15.3 Å². The number of hydrogen-bond acceptors (Lipinski definition) is 3. The molecule has 0 aliphatic carbocycles. The Morgan fingerprint density at radius 1 is 1.09 bits per heavy atom. The predicted molar refractivity (Wildman–Crippen MR) is 45.1 cm³/mol. The third-order valence-corrected chi connectivity index (χ3v) is 1.07. The summed E-state index contributed by atoms with van der Waals surface area (Å²) in [6, 6.07) is 0. The van der Waals surface area contributed by atoms with Crippen molar-refractivity contribution in [3.8, 4) is 0 Å². The molecule has 0 aromatic rings. The number of unbranched alkanes of at least 4 members (excludes halogenated alkanes) is 2. The van der Waals surface area contributed by atoms with Gasteiger partial charge in [-0.15, -0.1) is 0 Å². The highest BCUT2D eigenvalue weighted by molar-refractivity contribution is 4.40. The van der Waals surface area contributed by atoms with Gasteiger partial charge in [-0.2, -0.15) is 0 Å². The molecule has 0 fully saturated rings. The normalized spacial score (nSPS) is 9.27. The second-order valence-corrected chi connectivity index (χ2v) is 2.29. The summed E-state index contributed by atoms with van der Waals surface area (Å²) in [6.45, 7) is 4.02. The molecule has 0 atom stereocenters. The van der Waals surface area contributed by atoms with E-state index in [-0.39, 0.29) is 6.61 Å². The van der Waals surface area contributed by atoms with Gasteiger partial charge in [-0.25, -0.2) is 0 Å². The summed E-state index contributed by atoms with van der Waals surface area (Å²) in [7, 11) is 0. The van der Waals surface area contributed by atoms with Crippen LogP contribution < -0.4 is 0 Å². The maximum Gasteiger partial charge on any atom is 0.151 e. The summed E-state index contributed by atoms with van der Waals surface area (Å²) in [4.78, 5) is 0. The van der Waals surface area contributed by atoms with Crippen LogP contribution in [0.4, 0.5) is 0 Å². The van der Waals surface area contributed by atoms with Gasteiger partial charge in [-0.05, 0) is 19.8 Å². The topological polar surface area (TPSA) is 60.7 Å². The molecule has 0 rings (SSSR count). The average Bonchev–Trinajstić information content (AvgIpc) is 1.89. The first kappa shape index (κ1) is 13.5. The summed E-state index contributed by atoms with van der Waals surface area (Å²) in [5.74, 6) is 0. The summed E-state index contributed by atoms with van der Waals surface area (Å²) in [5, 5.41) is 24.2. The summed E-state index contributed by atoms with van der Waals surface area (Å²) in [6.07, 6.45) is 2.58. The van der Waals surface area contributed by atoms with Crippen molar-refractivity contribution < 1.29 is 15.3 Å². The van der Waals surface area contributed by atoms with Crippen molar-refractivity contribution >= 4 is 0 Å². The number of rotatable bonds is 4. The largest absolute Gasteiger partial charge is 0.397 e. The van der Waals surface area contributed by atoms with Crippen molar-refractivity contribution in [1.82, 2.24) is 0 Å². The summed E-state index contributed by atoms with van der Waals surface area (Å²) in [5.41, 5.74) is 0. The van der Waals surface area contributed by atoms with Crippen LogP contribution in [-0.4, -0.2) is 28.2 Å². The molecule has 0 heterocycles. The van der Waals surface area contributed by atoms with Crippen LogP contribution in [0.15, 0.2) is 0 Å². The average molecular weight is 164 g/mol. The molecular formula is C8H20O3. The SMILES string of the molecule is CCCCCC(O)O.CCO. The van der Waals surface area contributed by atoms with Gasteiger partial charge in [0.1, 0.15) is 0 Å². The lowest BCUT2D eigenvalue weighted by Gasteiger charge is -1.99. The van der Waals surface area contributed by atoms with Gasteiger partial charge in [0.2, 0.25) is 0 Å². The van der Waals surface area contributed by atoms with Crippen LogP contribution in [0, 0.1) is 0 Å². The molecule has 0 saturated heterocycles. The maximum absolute atomic E-state index is 8.33. The number of aliphatic hydroxyl groups is 3. The molecule has 70 valence electrons. The van der Waals surface area contributed by atoms with E-state index in [1.807, 2.05) is 0 Å². The zero-order valence-electron chi connectivity index (χ0n) is 7.45. The van der Waals surface area contributed by atoms with E-state index >= 15 is 0 Å². The Morgan fingerprint density at radius 3 is 1.82 bits per heavy atom. The first-order valence-corrected chi connectivity index (χ1v) is 4.16. The van der Waals surface area contributed by atoms with E-state index in [0.29, 0.717) is 6.42 Å². The molecule has 0 aliphatic heterocycles. The monoisotopic (exact) mass is 164 g/mol. The smallest absolute Gasteiger partial charge is 0.151 e. The molecule has 0 spiro atoms. The zero-order chi connectivity index (χ0) is 9.11. The number of aliphatic hydroxyl groups excluding tert-OH is 2. The fourth-order valence-electron chi connectivity index (χ4n) is 0.577. The maximum atomic E-state index is 8.33. The molecule has 3 N–H and O–H groups in total. The van der Waals surface area contributed by atoms with E-state index in [4.69, 9.17) is 15.3 Å². The quantitative estimate of drug-likeness (QED) is 0.427. The highest BCUT2D eigenvalue weighted by Gasteiger charge is 1.93. The molecule has 3 nitrogen and oxygen atoms in total. The van der Waals surface area contributed by atoms with Gasteiger partial charge in [-0.3, -0.25) is 0 Å². The van der Waals surface area contributed by atoms with Crippen LogP contribution >= 0.6 is 0 Å². The van der Waals surface area contributed by atoms with Crippen molar-refractivity contribution in [2.24, 2.45) is 0 Å². The van der Waals surface area contributed by atoms with E-state index in [9.17, 15) is 0 Å². The summed E-state index contributed by atoms with van der Waals surface area (Å²) < 4.78 is 0. The molecule has 0 bridgehead atoms. The van der Waals surface area contributed by atoms with Gasteiger partial charge in [0.15, 0.2) is 6.29 Å². The van der Waals surface area contributed by atoms with E-state index in [1.54, 1.807) is 6.92 Å². The summed E-state index contributed by atoms with van der Waals surface area (Å²) >= 11 is 0. The van der Waals surface area contributed by atoms with Crippen LogP contribution in [0.25, 0.3) is 0 Å². The minimum Gasteiger partial charge on any atom is -0.397 e. The molecule has 0 aliphatic rings. The van der Waals surface area contributed by atoms with Crippen molar-refractivity contribution in [3.05, 3.63) is 0 Å². The first-order chi connectivity index (χ1) is 5.18. The second-order valence-electron chi connectivity index (χ2n) is 2.29. The molecule has 0 radical (unpaired) electrons. The van der Waals surface area contributed by atoms with Crippen LogP contribution in [0.3, 0.4) is 0 Å². The molecule has 0 amide bonds. The Hall–Kier alpha value is -0.120. The lowest BCUT2D eigenvalue weighted by molar-refractivity contribution is -0.0465. The van der Waals surface area contributed by atoms with Crippen LogP contribution in [0.1, 0.15) is 39.5 Å². The third kappa shape index (κ3) is 25.8. The first-order valence-electron chi connectivity index (χ1n) is 4.16. The lowest BCUT2D eigenvalue weighted by atomic mass is 10.2. The minimum absolute atomic E-state index is 0.250. The Balaban J connectivity index is 0. The van der Waals surface area contributed by atoms with Crippen LogP contribution in [0.5, 0.6) is 0 Å². The Kier molecular flexibility index (Phi) is 15.4. The number of hydrogen-bond donors (Lipinski definition) is 3. The van der Waals surface area contributed by atoms with Crippen LogP contribution in [-0.2, 0) is 0 Å². The molecule has 0 unspecified atom stereocenters. The predicted octanol–water partition coefficient (Wildman–Crippen LogP) is 0.876. The molecule has 0 aromatic heterocycles. The third-order valence-electron chi connectivity index (χ3n) is 1.07. The van der Waals surface area contributed by atoms with Crippen LogP contribution in [0.2, 0.25) is 0 Å². The van der Waals surface area contributed by atoms with Crippen molar-refractivity contribution in [2.45, 2.75) is 45.8 Å². The second kappa shape index (κ2) is 12.5. The Bertz CT molecular complexity index is 55.3. The lowest BCUT2D eigenvalue weighted by Crippen LogP contribution is -2.02. The van der Waals surface area contributed by atoms with Gasteiger partial charge >= 0.3 is 0 Å². The highest BCUT2D eigenvalue weighted by atomic mass is 16.5. The van der Waals surface area contributed by atoms with E-state index < -0.39 is 6.29 Å². The zero-order valence-corrected chi connectivity index (χ0v) is 7.45. The molecule has 11 heavy (non-hydrogen) atoms. The molecule has 3 heteroatoms. The van der Waals surface area contributed by atoms with E-state index in [1.165, 1.54) is 0 Å².